The Labute approximate surface area is 153 Å². The van der Waals surface area contributed by atoms with Crippen LogP contribution in [0.4, 0.5) is 15.8 Å². The van der Waals surface area contributed by atoms with Crippen molar-refractivity contribution in [2.24, 2.45) is 0 Å². The molecule has 26 heavy (non-hydrogen) atoms. The SMILES string of the molecule is Cc1cccc(C(C)C)c1NC(=O)CN(c1ccccc1F)S(C)(=O)=O. The Morgan fingerprint density at radius 3 is 2.38 bits per heavy atom. The summed E-state index contributed by atoms with van der Waals surface area (Å²) in [6.45, 7) is 5.37. The molecule has 1 N–H and O–H groups in total. The van der Waals surface area contributed by atoms with Crippen molar-refractivity contribution in [1.29, 1.82) is 0 Å². The minimum absolute atomic E-state index is 0.154. The van der Waals surface area contributed by atoms with E-state index in [1.807, 2.05) is 39.0 Å². The maximum Gasteiger partial charge on any atom is 0.245 e. The third kappa shape index (κ3) is 4.60. The van der Waals surface area contributed by atoms with Crippen molar-refractivity contribution in [2.75, 3.05) is 22.4 Å². The Morgan fingerprint density at radius 2 is 1.81 bits per heavy atom. The van der Waals surface area contributed by atoms with E-state index in [9.17, 15) is 17.6 Å². The first kappa shape index (κ1) is 19.9. The van der Waals surface area contributed by atoms with Gasteiger partial charge in [-0.2, -0.15) is 0 Å². The summed E-state index contributed by atoms with van der Waals surface area (Å²) in [6.07, 6.45) is 0.944. The maximum absolute atomic E-state index is 14.0. The summed E-state index contributed by atoms with van der Waals surface area (Å²) in [6, 6.07) is 11.2. The summed E-state index contributed by atoms with van der Waals surface area (Å²) >= 11 is 0. The van der Waals surface area contributed by atoms with E-state index in [-0.39, 0.29) is 11.6 Å². The largest absolute Gasteiger partial charge is 0.324 e. The summed E-state index contributed by atoms with van der Waals surface area (Å²) < 4.78 is 39.0. The third-order valence-electron chi connectivity index (χ3n) is 4.00. The molecule has 1 amide bonds. The molecule has 0 aliphatic rings. The first-order valence-corrected chi connectivity index (χ1v) is 10.1. The van der Waals surface area contributed by atoms with Gasteiger partial charge in [0.1, 0.15) is 12.4 Å². The van der Waals surface area contributed by atoms with Gasteiger partial charge in [-0.25, -0.2) is 12.8 Å². The zero-order valence-electron chi connectivity index (χ0n) is 15.3. The van der Waals surface area contributed by atoms with Crippen LogP contribution in [-0.2, 0) is 14.8 Å². The van der Waals surface area contributed by atoms with Gasteiger partial charge in [-0.3, -0.25) is 9.10 Å². The monoisotopic (exact) mass is 378 g/mol. The lowest BCUT2D eigenvalue weighted by molar-refractivity contribution is -0.114. The van der Waals surface area contributed by atoms with Crippen LogP contribution in [0.1, 0.15) is 30.9 Å². The lowest BCUT2D eigenvalue weighted by Crippen LogP contribution is -2.38. The number of rotatable bonds is 6. The molecule has 0 aliphatic heterocycles. The van der Waals surface area contributed by atoms with E-state index in [1.165, 1.54) is 18.2 Å². The van der Waals surface area contributed by atoms with Gasteiger partial charge in [-0.05, 0) is 36.1 Å². The number of benzene rings is 2. The Hall–Kier alpha value is -2.41. The number of nitrogens with one attached hydrogen (secondary N) is 1. The molecule has 2 aromatic rings. The van der Waals surface area contributed by atoms with E-state index in [4.69, 9.17) is 0 Å². The number of aryl methyl sites for hydroxylation is 1. The number of para-hydroxylation sites is 2. The van der Waals surface area contributed by atoms with Crippen LogP contribution in [-0.4, -0.2) is 27.1 Å². The lowest BCUT2D eigenvalue weighted by atomic mass is 9.98. The molecule has 2 aromatic carbocycles. The molecular formula is C19H23FN2O3S. The molecule has 0 bridgehead atoms. The molecular weight excluding hydrogens is 355 g/mol. The molecule has 0 spiro atoms. The van der Waals surface area contributed by atoms with Crippen LogP contribution in [0.5, 0.6) is 0 Å². The van der Waals surface area contributed by atoms with Crippen molar-refractivity contribution in [2.45, 2.75) is 26.7 Å². The number of carbonyl (C=O) groups excluding carboxylic acids is 1. The normalized spacial score (nSPS) is 11.5. The number of nitrogens with zero attached hydrogens (tertiary/aromatic N) is 1. The second-order valence-electron chi connectivity index (χ2n) is 6.46. The van der Waals surface area contributed by atoms with Crippen LogP contribution in [0, 0.1) is 12.7 Å². The van der Waals surface area contributed by atoms with Crippen molar-refractivity contribution < 1.29 is 17.6 Å². The topological polar surface area (TPSA) is 66.5 Å². The first-order chi connectivity index (χ1) is 12.1. The summed E-state index contributed by atoms with van der Waals surface area (Å²) in [5, 5.41) is 2.78. The maximum atomic E-state index is 14.0. The fourth-order valence-electron chi connectivity index (χ4n) is 2.69. The van der Waals surface area contributed by atoms with Crippen molar-refractivity contribution in [3.05, 3.63) is 59.4 Å². The van der Waals surface area contributed by atoms with Gasteiger partial charge in [0, 0.05) is 5.69 Å². The minimum Gasteiger partial charge on any atom is -0.324 e. The lowest BCUT2D eigenvalue weighted by Gasteiger charge is -2.23. The molecule has 0 saturated carbocycles. The second kappa shape index (κ2) is 7.86. The number of hydrogen-bond acceptors (Lipinski definition) is 3. The number of amides is 1. The smallest absolute Gasteiger partial charge is 0.245 e. The fourth-order valence-corrected chi connectivity index (χ4v) is 3.54. The van der Waals surface area contributed by atoms with Crippen LogP contribution in [0.3, 0.4) is 0 Å². The van der Waals surface area contributed by atoms with Crippen LogP contribution in [0.25, 0.3) is 0 Å². The van der Waals surface area contributed by atoms with Gasteiger partial charge in [-0.1, -0.05) is 44.2 Å². The molecule has 0 aliphatic carbocycles. The fraction of sp³-hybridized carbons (Fsp3) is 0.316. The summed E-state index contributed by atoms with van der Waals surface area (Å²) in [7, 11) is -3.83. The highest BCUT2D eigenvalue weighted by molar-refractivity contribution is 7.92. The van der Waals surface area contributed by atoms with E-state index < -0.39 is 28.3 Å². The van der Waals surface area contributed by atoms with Gasteiger partial charge in [0.25, 0.3) is 0 Å². The van der Waals surface area contributed by atoms with Crippen LogP contribution < -0.4 is 9.62 Å². The molecule has 2 rings (SSSR count). The molecule has 7 heteroatoms. The van der Waals surface area contributed by atoms with Gasteiger partial charge in [0.15, 0.2) is 0 Å². The number of carbonyl (C=O) groups is 1. The summed E-state index contributed by atoms with van der Waals surface area (Å²) in [5.41, 5.74) is 2.34. The third-order valence-corrected chi connectivity index (χ3v) is 5.13. The summed E-state index contributed by atoms with van der Waals surface area (Å²) in [5.74, 6) is -1.05. The van der Waals surface area contributed by atoms with E-state index in [0.717, 1.165) is 27.8 Å². The van der Waals surface area contributed by atoms with Crippen LogP contribution in [0.15, 0.2) is 42.5 Å². The predicted molar refractivity (Wildman–Crippen MR) is 102 cm³/mol. The molecule has 5 nitrogen and oxygen atoms in total. The number of halogens is 1. The summed E-state index contributed by atoms with van der Waals surface area (Å²) in [4.78, 5) is 12.5. The number of sulfonamides is 1. The average molecular weight is 378 g/mol. The minimum atomic E-state index is -3.83. The van der Waals surface area contributed by atoms with E-state index >= 15 is 0 Å². The number of anilines is 2. The van der Waals surface area contributed by atoms with Crippen molar-refractivity contribution >= 4 is 27.3 Å². The Bertz CT molecular complexity index is 911. The molecule has 0 heterocycles. The standard InChI is InChI=1S/C19H23FN2O3S/c1-13(2)15-9-7-8-14(3)19(15)21-18(23)12-22(26(4,24)25)17-11-6-5-10-16(17)20/h5-11,13H,12H2,1-4H3,(H,21,23). The highest BCUT2D eigenvalue weighted by Crippen LogP contribution is 2.28. The van der Waals surface area contributed by atoms with Crippen molar-refractivity contribution in [3.63, 3.8) is 0 Å². The highest BCUT2D eigenvalue weighted by atomic mass is 32.2. The molecule has 0 radical (unpaired) electrons. The quantitative estimate of drug-likeness (QED) is 0.834. The van der Waals surface area contributed by atoms with Gasteiger partial charge in [0.2, 0.25) is 15.9 Å². The van der Waals surface area contributed by atoms with Gasteiger partial charge in [0.05, 0.1) is 11.9 Å². The molecule has 0 aromatic heterocycles. The van der Waals surface area contributed by atoms with E-state index in [2.05, 4.69) is 5.32 Å². The van der Waals surface area contributed by atoms with Crippen molar-refractivity contribution in [1.82, 2.24) is 0 Å². The van der Waals surface area contributed by atoms with Crippen LogP contribution >= 0.6 is 0 Å². The number of hydrogen-bond donors (Lipinski definition) is 1. The first-order valence-electron chi connectivity index (χ1n) is 8.23. The predicted octanol–water partition coefficient (Wildman–Crippen LogP) is 3.66. The molecule has 0 atom stereocenters. The zero-order chi connectivity index (χ0) is 19.5. The molecule has 0 unspecified atom stereocenters. The van der Waals surface area contributed by atoms with E-state index in [0.29, 0.717) is 5.69 Å². The Kier molecular flexibility index (Phi) is 6.02. The van der Waals surface area contributed by atoms with E-state index in [1.54, 1.807) is 0 Å². The average Bonchev–Trinajstić information content (AvgIpc) is 2.54. The van der Waals surface area contributed by atoms with Gasteiger partial charge in [-0.15, -0.1) is 0 Å². The highest BCUT2D eigenvalue weighted by Gasteiger charge is 2.24. The van der Waals surface area contributed by atoms with Gasteiger partial charge < -0.3 is 5.32 Å². The molecule has 140 valence electrons. The van der Waals surface area contributed by atoms with Crippen molar-refractivity contribution in [3.8, 4) is 0 Å². The Balaban J connectivity index is 2.32. The zero-order valence-corrected chi connectivity index (χ0v) is 16.1. The van der Waals surface area contributed by atoms with Crippen LogP contribution in [0.2, 0.25) is 0 Å². The second-order valence-corrected chi connectivity index (χ2v) is 8.37. The molecule has 0 fully saturated rings. The Morgan fingerprint density at radius 1 is 1.15 bits per heavy atom. The molecule has 0 saturated heterocycles. The van der Waals surface area contributed by atoms with Gasteiger partial charge >= 0.3 is 0 Å².